The van der Waals surface area contributed by atoms with Crippen molar-refractivity contribution in [3.8, 4) is 0 Å². The third-order valence-electron chi connectivity index (χ3n) is 5.43. The minimum atomic E-state index is -0.272. The molecule has 0 bridgehead atoms. The molecular weight excluding hydrogens is 436 g/mol. The number of anilines is 1. The van der Waals surface area contributed by atoms with Gasteiger partial charge in [0.05, 0.1) is 39.7 Å². The molecule has 1 aliphatic carbocycles. The molecule has 0 amide bonds. The summed E-state index contributed by atoms with van der Waals surface area (Å²) in [5.74, 6) is 0. The molecule has 2 atom stereocenters. The third kappa shape index (κ3) is 3.54. The number of fused-ring (bicyclic) bond motifs is 2. The number of aliphatic hydroxyl groups is 1. The van der Waals surface area contributed by atoms with Crippen LogP contribution in [0.1, 0.15) is 31.2 Å². The van der Waals surface area contributed by atoms with Crippen molar-refractivity contribution in [2.24, 2.45) is 0 Å². The minimum Gasteiger partial charge on any atom is -0.391 e. The number of aliphatic hydroxyl groups excluding tert-OH is 1. The van der Waals surface area contributed by atoms with E-state index < -0.39 is 0 Å². The molecular formula is C21H21BrN4OS. The molecule has 1 fully saturated rings. The Hall–Kier alpha value is -1.96. The number of halogens is 1. The lowest BCUT2D eigenvalue weighted by Gasteiger charge is -2.27. The van der Waals surface area contributed by atoms with Crippen molar-refractivity contribution < 1.29 is 5.11 Å². The Morgan fingerprint density at radius 1 is 1.14 bits per heavy atom. The molecule has 2 N–H and O–H groups in total. The fraction of sp³-hybridized carbons (Fsp3) is 0.333. The highest BCUT2D eigenvalue weighted by Gasteiger charge is 2.23. The zero-order valence-corrected chi connectivity index (χ0v) is 17.7. The summed E-state index contributed by atoms with van der Waals surface area (Å²) in [6.07, 6.45) is 5.78. The van der Waals surface area contributed by atoms with Crippen LogP contribution in [0.25, 0.3) is 21.3 Å². The first-order chi connectivity index (χ1) is 13.7. The van der Waals surface area contributed by atoms with Gasteiger partial charge in [-0.15, -0.1) is 0 Å². The summed E-state index contributed by atoms with van der Waals surface area (Å²) < 4.78 is 4.37. The van der Waals surface area contributed by atoms with Gasteiger partial charge in [0.25, 0.3) is 0 Å². The largest absolute Gasteiger partial charge is 0.391 e. The smallest absolute Gasteiger partial charge is 0.184 e. The Morgan fingerprint density at radius 2 is 2.04 bits per heavy atom. The van der Waals surface area contributed by atoms with Crippen molar-refractivity contribution in [3.05, 3.63) is 52.8 Å². The molecule has 2 unspecified atom stereocenters. The summed E-state index contributed by atoms with van der Waals surface area (Å²) in [7, 11) is 0. The van der Waals surface area contributed by atoms with Crippen LogP contribution in [0.4, 0.5) is 5.13 Å². The van der Waals surface area contributed by atoms with E-state index in [0.29, 0.717) is 0 Å². The Bertz CT molecular complexity index is 1140. The van der Waals surface area contributed by atoms with Crippen LogP contribution in [0.3, 0.4) is 0 Å². The molecule has 28 heavy (non-hydrogen) atoms. The lowest BCUT2D eigenvalue weighted by molar-refractivity contribution is 0.116. The maximum atomic E-state index is 10.2. The molecule has 0 radical (unpaired) electrons. The Kier molecular flexibility index (Phi) is 4.82. The van der Waals surface area contributed by atoms with E-state index in [9.17, 15) is 5.11 Å². The second-order valence-electron chi connectivity index (χ2n) is 7.43. The first kappa shape index (κ1) is 18.1. The monoisotopic (exact) mass is 456 g/mol. The Balaban J connectivity index is 1.38. The summed E-state index contributed by atoms with van der Waals surface area (Å²) in [5.41, 5.74) is 4.34. The molecule has 2 heterocycles. The van der Waals surface area contributed by atoms with E-state index in [0.717, 1.165) is 56.7 Å². The summed E-state index contributed by atoms with van der Waals surface area (Å²) in [6.45, 7) is 0.774. The van der Waals surface area contributed by atoms with Crippen LogP contribution in [0.5, 0.6) is 0 Å². The number of imidazole rings is 1. The fourth-order valence-corrected chi connectivity index (χ4v) is 5.27. The van der Waals surface area contributed by atoms with E-state index >= 15 is 0 Å². The predicted octanol–water partition coefficient (Wildman–Crippen LogP) is 5.17. The molecule has 2 aromatic heterocycles. The van der Waals surface area contributed by atoms with Gasteiger partial charge in [0.2, 0.25) is 0 Å². The van der Waals surface area contributed by atoms with Crippen molar-refractivity contribution in [3.63, 3.8) is 0 Å². The van der Waals surface area contributed by atoms with Gasteiger partial charge in [-0.1, -0.05) is 46.2 Å². The number of nitrogens with zero attached hydrogens (tertiary/aromatic N) is 3. The molecule has 144 valence electrons. The highest BCUT2D eigenvalue weighted by Crippen LogP contribution is 2.30. The van der Waals surface area contributed by atoms with Crippen LogP contribution in [0.15, 0.2) is 47.2 Å². The number of hydrogen-bond acceptors (Lipinski definition) is 5. The van der Waals surface area contributed by atoms with Crippen molar-refractivity contribution in [1.29, 1.82) is 0 Å². The lowest BCUT2D eigenvalue weighted by Crippen LogP contribution is -2.36. The summed E-state index contributed by atoms with van der Waals surface area (Å²) in [6, 6.07) is 12.7. The van der Waals surface area contributed by atoms with Crippen LogP contribution in [-0.2, 0) is 6.54 Å². The van der Waals surface area contributed by atoms with E-state index in [4.69, 9.17) is 4.98 Å². The van der Waals surface area contributed by atoms with Crippen molar-refractivity contribution in [1.82, 2.24) is 14.5 Å². The zero-order chi connectivity index (χ0) is 19.1. The summed E-state index contributed by atoms with van der Waals surface area (Å²) >= 11 is 5.16. The Morgan fingerprint density at radius 3 is 2.93 bits per heavy atom. The van der Waals surface area contributed by atoms with Gasteiger partial charge in [0.15, 0.2) is 5.13 Å². The highest BCUT2D eigenvalue weighted by atomic mass is 79.9. The number of thiazole rings is 1. The van der Waals surface area contributed by atoms with Gasteiger partial charge >= 0.3 is 0 Å². The van der Waals surface area contributed by atoms with Gasteiger partial charge < -0.3 is 15.0 Å². The summed E-state index contributed by atoms with van der Waals surface area (Å²) in [4.78, 5) is 9.21. The van der Waals surface area contributed by atoms with E-state index in [1.54, 1.807) is 11.3 Å². The highest BCUT2D eigenvalue weighted by molar-refractivity contribution is 9.10. The van der Waals surface area contributed by atoms with Crippen molar-refractivity contribution >= 4 is 53.6 Å². The molecule has 0 spiro atoms. The molecule has 1 aliphatic rings. The second-order valence-corrected chi connectivity index (χ2v) is 9.38. The molecule has 7 heteroatoms. The van der Waals surface area contributed by atoms with Crippen LogP contribution in [0.2, 0.25) is 0 Å². The van der Waals surface area contributed by atoms with Gasteiger partial charge in [-0.05, 0) is 48.7 Å². The predicted molar refractivity (Wildman–Crippen MR) is 118 cm³/mol. The van der Waals surface area contributed by atoms with Gasteiger partial charge in [-0.2, -0.15) is 0 Å². The van der Waals surface area contributed by atoms with Crippen LogP contribution < -0.4 is 5.32 Å². The average Bonchev–Trinajstić information content (AvgIpc) is 3.26. The maximum Gasteiger partial charge on any atom is 0.184 e. The topological polar surface area (TPSA) is 63.0 Å². The van der Waals surface area contributed by atoms with E-state index in [1.165, 1.54) is 12.0 Å². The maximum absolute atomic E-state index is 10.2. The fourth-order valence-electron chi connectivity index (χ4n) is 3.93. The van der Waals surface area contributed by atoms with Gasteiger partial charge in [0, 0.05) is 11.0 Å². The van der Waals surface area contributed by atoms with Crippen molar-refractivity contribution in [2.45, 2.75) is 44.4 Å². The van der Waals surface area contributed by atoms with E-state index in [2.05, 4.69) is 55.1 Å². The van der Waals surface area contributed by atoms with Crippen LogP contribution in [-0.4, -0.2) is 31.8 Å². The van der Waals surface area contributed by atoms with Gasteiger partial charge in [0.1, 0.15) is 0 Å². The standard InChI is InChI=1S/C21H21BrN4OS/c22-14-6-8-18-17(10-14)23-12-26(18)11-13-5-7-16-20(9-13)28-21(25-16)24-15-3-1-2-4-19(15)27/h5-10,12,15,19,27H,1-4,11H2,(H,24,25). The second kappa shape index (κ2) is 7.46. The van der Waals surface area contributed by atoms with Crippen LogP contribution >= 0.6 is 27.3 Å². The van der Waals surface area contributed by atoms with E-state index in [1.807, 2.05) is 18.5 Å². The zero-order valence-electron chi connectivity index (χ0n) is 15.3. The average molecular weight is 457 g/mol. The van der Waals surface area contributed by atoms with Gasteiger partial charge in [-0.25, -0.2) is 9.97 Å². The number of aromatic nitrogens is 3. The van der Waals surface area contributed by atoms with Crippen LogP contribution in [0, 0.1) is 0 Å². The lowest BCUT2D eigenvalue weighted by atomic mass is 9.93. The van der Waals surface area contributed by atoms with E-state index in [-0.39, 0.29) is 12.1 Å². The molecule has 5 nitrogen and oxygen atoms in total. The third-order valence-corrected chi connectivity index (χ3v) is 6.87. The number of benzene rings is 2. The molecule has 0 saturated heterocycles. The van der Waals surface area contributed by atoms with Crippen molar-refractivity contribution in [2.75, 3.05) is 5.32 Å². The number of nitrogens with one attached hydrogen (secondary N) is 1. The SMILES string of the molecule is OC1CCCCC1Nc1nc2ccc(Cn3cnc4cc(Br)ccc43)cc2s1. The minimum absolute atomic E-state index is 0.116. The number of hydrogen-bond donors (Lipinski definition) is 2. The molecule has 5 rings (SSSR count). The first-order valence-corrected chi connectivity index (χ1v) is 11.2. The summed E-state index contributed by atoms with van der Waals surface area (Å²) in [5, 5.41) is 14.6. The Labute approximate surface area is 175 Å². The molecule has 4 aromatic rings. The first-order valence-electron chi connectivity index (χ1n) is 9.60. The molecule has 0 aliphatic heterocycles. The van der Waals surface area contributed by atoms with Gasteiger partial charge in [-0.3, -0.25) is 0 Å². The quantitative estimate of drug-likeness (QED) is 0.444. The molecule has 2 aromatic carbocycles. The number of rotatable bonds is 4. The normalized spacial score (nSPS) is 20.1. The molecule has 1 saturated carbocycles.